The monoisotopic (exact) mass is 351 g/mol. The van der Waals surface area contributed by atoms with Gasteiger partial charge in [-0.2, -0.15) is 10.2 Å². The molecule has 0 bridgehead atoms. The second kappa shape index (κ2) is 7.98. The minimum absolute atomic E-state index is 0.237. The minimum Gasteiger partial charge on any atom is -0.477 e. The first-order chi connectivity index (χ1) is 12.7. The first kappa shape index (κ1) is 17.9. The summed E-state index contributed by atoms with van der Waals surface area (Å²) in [7, 11) is 0. The van der Waals surface area contributed by atoms with Crippen LogP contribution in [0.1, 0.15) is 35.7 Å². The van der Waals surface area contributed by atoms with Crippen LogP contribution in [0.3, 0.4) is 0 Å². The van der Waals surface area contributed by atoms with Gasteiger partial charge in [0.25, 0.3) is 0 Å². The molecule has 1 N–H and O–H groups in total. The predicted molar refractivity (Wildman–Crippen MR) is 98.4 cm³/mol. The molecule has 26 heavy (non-hydrogen) atoms. The highest BCUT2D eigenvalue weighted by molar-refractivity contribution is 5.96. The van der Waals surface area contributed by atoms with Gasteiger partial charge in [0.2, 0.25) is 5.88 Å². The molecule has 1 aromatic heterocycles. The van der Waals surface area contributed by atoms with Crippen LogP contribution in [-0.2, 0) is 0 Å². The number of hydrogen-bond acceptors (Lipinski definition) is 6. The van der Waals surface area contributed by atoms with E-state index >= 15 is 0 Å². The Morgan fingerprint density at radius 3 is 2.62 bits per heavy atom. The molecule has 0 radical (unpaired) electrons. The molecular weight excluding hydrogens is 330 g/mol. The number of carbonyl (C=O) groups excluding carboxylic acids is 1. The second-order valence-corrected chi connectivity index (χ2v) is 6.15. The number of carbonyl (C=O) groups is 1. The van der Waals surface area contributed by atoms with E-state index < -0.39 is 0 Å². The third kappa shape index (κ3) is 3.39. The molecule has 0 unspecified atom stereocenters. The smallest absolute Gasteiger partial charge is 0.234 e. The Labute approximate surface area is 152 Å². The molecule has 6 heteroatoms. The van der Waals surface area contributed by atoms with Crippen LogP contribution in [0, 0.1) is 11.3 Å². The fourth-order valence-corrected chi connectivity index (χ4v) is 3.25. The molecule has 1 aliphatic rings. The highest BCUT2D eigenvalue weighted by atomic mass is 16.5. The molecule has 0 atom stereocenters. The zero-order valence-electron chi connectivity index (χ0n) is 14.7. The van der Waals surface area contributed by atoms with Crippen LogP contribution in [0.2, 0.25) is 0 Å². The molecule has 134 valence electrons. The largest absolute Gasteiger partial charge is 0.477 e. The summed E-state index contributed by atoms with van der Waals surface area (Å²) in [6.07, 6.45) is 1.66. The quantitative estimate of drug-likeness (QED) is 0.834. The maximum atomic E-state index is 12.0. The van der Waals surface area contributed by atoms with E-state index in [-0.39, 0.29) is 17.5 Å². The number of pyridine rings is 1. The molecule has 1 aliphatic heterocycles. The van der Waals surface area contributed by atoms with Gasteiger partial charge in [-0.05, 0) is 25.3 Å². The lowest BCUT2D eigenvalue weighted by Crippen LogP contribution is -2.37. The van der Waals surface area contributed by atoms with Gasteiger partial charge in [0.1, 0.15) is 17.5 Å². The number of nitrogens with zero attached hydrogens (tertiary/aromatic N) is 3. The maximum absolute atomic E-state index is 12.0. The topological polar surface area (TPSA) is 86.5 Å². The summed E-state index contributed by atoms with van der Waals surface area (Å²) in [6.45, 7) is 3.39. The maximum Gasteiger partial charge on any atom is 0.234 e. The van der Waals surface area contributed by atoms with Crippen molar-refractivity contribution < 1.29 is 14.6 Å². The SMILES string of the molecule is CCOc1nc(N2CCC(O)CC2)c(C=O)c(-c2ccccc2)c1C#N. The molecule has 1 fully saturated rings. The van der Waals surface area contributed by atoms with E-state index in [9.17, 15) is 15.2 Å². The first-order valence-electron chi connectivity index (χ1n) is 8.74. The number of aliphatic hydroxyl groups is 1. The van der Waals surface area contributed by atoms with Gasteiger partial charge in [-0.25, -0.2) is 0 Å². The molecule has 1 aromatic carbocycles. The van der Waals surface area contributed by atoms with Crippen LogP contribution < -0.4 is 9.64 Å². The average molecular weight is 351 g/mol. The Morgan fingerprint density at radius 2 is 2.04 bits per heavy atom. The van der Waals surface area contributed by atoms with Crippen molar-refractivity contribution in [2.24, 2.45) is 0 Å². The zero-order chi connectivity index (χ0) is 18.5. The molecule has 0 saturated carbocycles. The lowest BCUT2D eigenvalue weighted by atomic mass is 9.95. The van der Waals surface area contributed by atoms with E-state index in [0.717, 1.165) is 11.8 Å². The first-order valence-corrected chi connectivity index (χ1v) is 8.74. The van der Waals surface area contributed by atoms with Gasteiger partial charge in [-0.1, -0.05) is 30.3 Å². The number of hydrogen-bond donors (Lipinski definition) is 1. The number of benzene rings is 1. The lowest BCUT2D eigenvalue weighted by molar-refractivity contribution is 0.112. The van der Waals surface area contributed by atoms with Crippen molar-refractivity contribution in [3.8, 4) is 23.1 Å². The van der Waals surface area contributed by atoms with Crippen LogP contribution in [-0.4, -0.2) is 42.2 Å². The van der Waals surface area contributed by atoms with Crippen LogP contribution in [0.4, 0.5) is 5.82 Å². The third-order valence-electron chi connectivity index (χ3n) is 4.52. The van der Waals surface area contributed by atoms with Crippen molar-refractivity contribution in [2.45, 2.75) is 25.9 Å². The van der Waals surface area contributed by atoms with Gasteiger partial charge < -0.3 is 14.7 Å². The van der Waals surface area contributed by atoms with E-state index in [0.29, 0.717) is 49.5 Å². The van der Waals surface area contributed by atoms with Crippen molar-refractivity contribution >= 4 is 12.1 Å². The van der Waals surface area contributed by atoms with Crippen LogP contribution in [0.5, 0.6) is 5.88 Å². The molecule has 6 nitrogen and oxygen atoms in total. The second-order valence-electron chi connectivity index (χ2n) is 6.15. The molecule has 0 amide bonds. The fourth-order valence-electron chi connectivity index (χ4n) is 3.25. The number of ether oxygens (including phenoxy) is 1. The summed E-state index contributed by atoms with van der Waals surface area (Å²) in [5.41, 5.74) is 1.96. The van der Waals surface area contributed by atoms with E-state index in [1.165, 1.54) is 0 Å². The summed E-state index contributed by atoms with van der Waals surface area (Å²) in [4.78, 5) is 18.5. The number of aldehydes is 1. The molecule has 0 spiro atoms. The van der Waals surface area contributed by atoms with Crippen molar-refractivity contribution in [1.82, 2.24) is 4.98 Å². The summed E-state index contributed by atoms with van der Waals surface area (Å²) in [5, 5.41) is 19.5. The van der Waals surface area contributed by atoms with Crippen LogP contribution in [0.15, 0.2) is 30.3 Å². The number of anilines is 1. The number of aliphatic hydroxyl groups excluding tert-OH is 1. The molecule has 0 aliphatic carbocycles. The number of nitriles is 1. The van der Waals surface area contributed by atoms with Crippen molar-refractivity contribution in [1.29, 1.82) is 5.26 Å². The van der Waals surface area contributed by atoms with E-state index in [1.807, 2.05) is 42.2 Å². The number of aromatic nitrogens is 1. The summed E-state index contributed by atoms with van der Waals surface area (Å²) in [5.74, 6) is 0.744. The fraction of sp³-hybridized carbons (Fsp3) is 0.350. The van der Waals surface area contributed by atoms with Gasteiger partial charge in [0, 0.05) is 18.7 Å². The molecule has 3 rings (SSSR count). The highest BCUT2D eigenvalue weighted by Crippen LogP contribution is 2.37. The average Bonchev–Trinajstić information content (AvgIpc) is 2.68. The van der Waals surface area contributed by atoms with Gasteiger partial charge in [0.15, 0.2) is 6.29 Å². The Bertz CT molecular complexity index is 822. The molecule has 1 saturated heterocycles. The Kier molecular flexibility index (Phi) is 5.49. The van der Waals surface area contributed by atoms with Gasteiger partial charge in [0.05, 0.1) is 18.3 Å². The molecule has 2 aromatic rings. The Morgan fingerprint density at radius 1 is 1.35 bits per heavy atom. The zero-order valence-corrected chi connectivity index (χ0v) is 14.7. The minimum atomic E-state index is -0.329. The van der Waals surface area contributed by atoms with E-state index in [1.54, 1.807) is 0 Å². The van der Waals surface area contributed by atoms with Gasteiger partial charge in [-0.3, -0.25) is 4.79 Å². The van der Waals surface area contributed by atoms with Crippen LogP contribution >= 0.6 is 0 Å². The van der Waals surface area contributed by atoms with Crippen molar-refractivity contribution in [2.75, 3.05) is 24.6 Å². The van der Waals surface area contributed by atoms with Crippen molar-refractivity contribution in [3.05, 3.63) is 41.5 Å². The van der Waals surface area contributed by atoms with Crippen molar-refractivity contribution in [3.63, 3.8) is 0 Å². The summed E-state index contributed by atoms with van der Waals surface area (Å²) >= 11 is 0. The predicted octanol–water partition coefficient (Wildman–Crippen LogP) is 2.79. The number of rotatable bonds is 5. The molecular formula is C20H21N3O3. The Balaban J connectivity index is 2.23. The summed E-state index contributed by atoms with van der Waals surface area (Å²) in [6, 6.07) is 11.5. The van der Waals surface area contributed by atoms with E-state index in [2.05, 4.69) is 11.1 Å². The third-order valence-corrected chi connectivity index (χ3v) is 4.52. The molecule has 2 heterocycles. The highest BCUT2D eigenvalue weighted by Gasteiger charge is 2.27. The standard InChI is InChI=1S/C20H21N3O3/c1-2-26-20-16(12-21)18(14-6-4-3-5-7-14)17(13-24)19(22-20)23-10-8-15(25)9-11-23/h3-7,13,15,25H,2,8-11H2,1H3. The number of piperidine rings is 1. The van der Waals surface area contributed by atoms with E-state index in [4.69, 9.17) is 4.74 Å². The summed E-state index contributed by atoms with van der Waals surface area (Å²) < 4.78 is 5.62. The lowest BCUT2D eigenvalue weighted by Gasteiger charge is -2.32. The van der Waals surface area contributed by atoms with Gasteiger partial charge in [-0.15, -0.1) is 0 Å². The normalized spacial score (nSPS) is 14.7. The van der Waals surface area contributed by atoms with Gasteiger partial charge >= 0.3 is 0 Å². The van der Waals surface area contributed by atoms with Crippen LogP contribution in [0.25, 0.3) is 11.1 Å². The Hall–Kier alpha value is -2.91.